The minimum atomic E-state index is 0.269. The first-order valence-corrected chi connectivity index (χ1v) is 7.93. The topological polar surface area (TPSA) is 23.5 Å². The number of hydrogen-bond acceptors (Lipinski definition) is 2. The highest BCUT2D eigenvalue weighted by Gasteiger charge is 2.29. The SMILES string of the molecule is CC(c1ccc2ccccc2c1O)N1CCC(C)(C)CC1. The van der Waals surface area contributed by atoms with Gasteiger partial charge in [-0.15, -0.1) is 0 Å². The molecule has 1 atom stereocenters. The number of hydrogen-bond donors (Lipinski definition) is 1. The first-order chi connectivity index (χ1) is 9.98. The third-order valence-electron chi connectivity index (χ3n) is 5.08. The number of nitrogens with zero attached hydrogens (tertiary/aromatic N) is 1. The molecular weight excluding hydrogens is 258 g/mol. The van der Waals surface area contributed by atoms with E-state index in [4.69, 9.17) is 0 Å². The normalized spacial score (nSPS) is 20.5. The van der Waals surface area contributed by atoms with Gasteiger partial charge in [-0.25, -0.2) is 0 Å². The maximum absolute atomic E-state index is 10.6. The summed E-state index contributed by atoms with van der Waals surface area (Å²) < 4.78 is 0. The highest BCUT2D eigenvalue weighted by molar-refractivity contribution is 5.89. The molecule has 21 heavy (non-hydrogen) atoms. The highest BCUT2D eigenvalue weighted by Crippen LogP contribution is 2.38. The summed E-state index contributed by atoms with van der Waals surface area (Å²) in [6.45, 7) is 9.13. The Morgan fingerprint density at radius 1 is 1.05 bits per heavy atom. The fourth-order valence-electron chi connectivity index (χ4n) is 3.32. The molecule has 0 aliphatic carbocycles. The molecular formula is C19H25NO. The predicted octanol–water partition coefficient (Wildman–Crippen LogP) is 4.73. The van der Waals surface area contributed by atoms with Gasteiger partial charge in [0.1, 0.15) is 5.75 Å². The number of benzene rings is 2. The largest absolute Gasteiger partial charge is 0.507 e. The Morgan fingerprint density at radius 3 is 2.43 bits per heavy atom. The number of rotatable bonds is 2. The van der Waals surface area contributed by atoms with Crippen LogP contribution in [0.2, 0.25) is 0 Å². The quantitative estimate of drug-likeness (QED) is 0.861. The summed E-state index contributed by atoms with van der Waals surface area (Å²) in [5, 5.41) is 12.7. The maximum Gasteiger partial charge on any atom is 0.128 e. The second-order valence-corrected chi connectivity index (χ2v) is 7.10. The zero-order chi connectivity index (χ0) is 15.0. The van der Waals surface area contributed by atoms with Crippen molar-refractivity contribution in [3.63, 3.8) is 0 Å². The Morgan fingerprint density at radius 2 is 1.71 bits per heavy atom. The molecule has 1 aliphatic heterocycles. The van der Waals surface area contributed by atoms with Gasteiger partial charge < -0.3 is 5.11 Å². The molecule has 1 fully saturated rings. The van der Waals surface area contributed by atoms with Gasteiger partial charge in [0.05, 0.1) is 0 Å². The zero-order valence-corrected chi connectivity index (χ0v) is 13.3. The lowest BCUT2D eigenvalue weighted by Crippen LogP contribution is -2.38. The summed E-state index contributed by atoms with van der Waals surface area (Å²) in [4.78, 5) is 2.50. The molecule has 1 heterocycles. The van der Waals surface area contributed by atoms with E-state index in [2.05, 4.69) is 37.8 Å². The first kappa shape index (κ1) is 14.4. The second-order valence-electron chi connectivity index (χ2n) is 7.10. The Hall–Kier alpha value is -1.54. The fourth-order valence-corrected chi connectivity index (χ4v) is 3.32. The van der Waals surface area contributed by atoms with Crippen molar-refractivity contribution in [2.75, 3.05) is 13.1 Å². The van der Waals surface area contributed by atoms with Crippen molar-refractivity contribution in [1.82, 2.24) is 4.90 Å². The number of phenolic OH excluding ortho intramolecular Hbond substituents is 1. The molecule has 1 saturated heterocycles. The van der Waals surface area contributed by atoms with Crippen molar-refractivity contribution in [3.8, 4) is 5.75 Å². The smallest absolute Gasteiger partial charge is 0.128 e. The minimum absolute atomic E-state index is 0.269. The van der Waals surface area contributed by atoms with Gasteiger partial charge >= 0.3 is 0 Å². The molecule has 1 aliphatic rings. The van der Waals surface area contributed by atoms with E-state index in [0.29, 0.717) is 11.2 Å². The van der Waals surface area contributed by atoms with Crippen LogP contribution in [0.1, 0.15) is 45.2 Å². The predicted molar refractivity (Wildman–Crippen MR) is 88.6 cm³/mol. The molecule has 1 unspecified atom stereocenters. The number of fused-ring (bicyclic) bond motifs is 1. The number of likely N-dealkylation sites (tertiary alicyclic amines) is 1. The summed E-state index contributed by atoms with van der Waals surface area (Å²) in [7, 11) is 0. The molecule has 112 valence electrons. The van der Waals surface area contributed by atoms with Crippen molar-refractivity contribution in [2.45, 2.75) is 39.7 Å². The standard InChI is InChI=1S/C19H25NO/c1-14(20-12-10-19(2,3)11-13-20)16-9-8-15-6-4-5-7-17(15)18(16)21/h4-9,14,21H,10-13H2,1-3H3. The van der Waals surface area contributed by atoms with E-state index in [0.717, 1.165) is 29.4 Å². The molecule has 2 nitrogen and oxygen atoms in total. The second kappa shape index (κ2) is 5.34. The van der Waals surface area contributed by atoms with Crippen LogP contribution in [0.4, 0.5) is 0 Å². The van der Waals surface area contributed by atoms with E-state index in [1.807, 2.05) is 24.3 Å². The molecule has 3 rings (SSSR count). The Bertz CT molecular complexity index is 637. The van der Waals surface area contributed by atoms with Crippen molar-refractivity contribution >= 4 is 10.8 Å². The number of piperidine rings is 1. The van der Waals surface area contributed by atoms with E-state index < -0.39 is 0 Å². The molecule has 2 heteroatoms. The van der Waals surface area contributed by atoms with Gasteiger partial charge in [0.2, 0.25) is 0 Å². The minimum Gasteiger partial charge on any atom is -0.507 e. The Balaban J connectivity index is 1.88. The summed E-state index contributed by atoms with van der Waals surface area (Å²) in [6.07, 6.45) is 2.46. The lowest BCUT2D eigenvalue weighted by atomic mass is 9.82. The summed E-state index contributed by atoms with van der Waals surface area (Å²) in [5.74, 6) is 0.449. The van der Waals surface area contributed by atoms with Gasteiger partial charge in [-0.2, -0.15) is 0 Å². The lowest BCUT2D eigenvalue weighted by molar-refractivity contribution is 0.0995. The molecule has 0 bridgehead atoms. The van der Waals surface area contributed by atoms with E-state index in [9.17, 15) is 5.11 Å². The van der Waals surface area contributed by atoms with Crippen LogP contribution in [-0.4, -0.2) is 23.1 Å². The first-order valence-electron chi connectivity index (χ1n) is 7.93. The van der Waals surface area contributed by atoms with Crippen molar-refractivity contribution in [1.29, 1.82) is 0 Å². The number of aromatic hydroxyl groups is 1. The van der Waals surface area contributed by atoms with Gasteiger partial charge in [0, 0.05) is 17.0 Å². The third-order valence-corrected chi connectivity index (χ3v) is 5.08. The van der Waals surface area contributed by atoms with Crippen LogP contribution in [-0.2, 0) is 0 Å². The Kier molecular flexibility index (Phi) is 3.66. The summed E-state index contributed by atoms with van der Waals surface area (Å²) in [5.41, 5.74) is 1.51. The van der Waals surface area contributed by atoms with Crippen LogP contribution in [0.3, 0.4) is 0 Å². The summed E-state index contributed by atoms with van der Waals surface area (Å²) in [6, 6.07) is 12.5. The van der Waals surface area contributed by atoms with Crippen molar-refractivity contribution in [2.24, 2.45) is 5.41 Å². The molecule has 0 spiro atoms. The fraction of sp³-hybridized carbons (Fsp3) is 0.474. The van der Waals surface area contributed by atoms with E-state index >= 15 is 0 Å². The van der Waals surface area contributed by atoms with Crippen LogP contribution >= 0.6 is 0 Å². The molecule has 2 aromatic carbocycles. The van der Waals surface area contributed by atoms with E-state index in [1.165, 1.54) is 12.8 Å². The van der Waals surface area contributed by atoms with Crippen LogP contribution in [0.25, 0.3) is 10.8 Å². The highest BCUT2D eigenvalue weighted by atomic mass is 16.3. The molecule has 1 N–H and O–H groups in total. The van der Waals surface area contributed by atoms with Gasteiger partial charge in [-0.3, -0.25) is 4.90 Å². The average molecular weight is 283 g/mol. The zero-order valence-electron chi connectivity index (χ0n) is 13.3. The van der Waals surface area contributed by atoms with Gasteiger partial charge in [-0.1, -0.05) is 50.2 Å². The van der Waals surface area contributed by atoms with Crippen molar-refractivity contribution < 1.29 is 5.11 Å². The Labute approximate surface area is 127 Å². The van der Waals surface area contributed by atoms with Crippen LogP contribution in [0.5, 0.6) is 5.75 Å². The van der Waals surface area contributed by atoms with Crippen LogP contribution < -0.4 is 0 Å². The van der Waals surface area contributed by atoms with Crippen LogP contribution in [0.15, 0.2) is 36.4 Å². The van der Waals surface area contributed by atoms with E-state index in [1.54, 1.807) is 0 Å². The maximum atomic E-state index is 10.6. The molecule has 2 aromatic rings. The monoisotopic (exact) mass is 283 g/mol. The molecule has 0 saturated carbocycles. The van der Waals surface area contributed by atoms with Crippen molar-refractivity contribution in [3.05, 3.63) is 42.0 Å². The molecule has 0 radical (unpaired) electrons. The summed E-state index contributed by atoms with van der Waals surface area (Å²) >= 11 is 0. The van der Waals surface area contributed by atoms with Crippen LogP contribution in [0, 0.1) is 5.41 Å². The van der Waals surface area contributed by atoms with Gasteiger partial charge in [0.15, 0.2) is 0 Å². The van der Waals surface area contributed by atoms with Gasteiger partial charge in [-0.05, 0) is 43.7 Å². The van der Waals surface area contributed by atoms with Gasteiger partial charge in [0.25, 0.3) is 0 Å². The average Bonchev–Trinajstić information content (AvgIpc) is 2.47. The lowest BCUT2D eigenvalue weighted by Gasteiger charge is -2.40. The third kappa shape index (κ3) is 2.77. The molecule has 0 amide bonds. The molecule has 0 aromatic heterocycles. The number of phenols is 1. The van der Waals surface area contributed by atoms with E-state index in [-0.39, 0.29) is 6.04 Å².